The molecule has 0 bridgehead atoms. The van der Waals surface area contributed by atoms with Crippen LogP contribution in [0.5, 0.6) is 11.5 Å². The molecular weight excluding hydrogens is 514 g/mol. The Morgan fingerprint density at radius 1 is 1.27 bits per heavy atom. The molecular formula is C26H30ClN5O4S. The van der Waals surface area contributed by atoms with Crippen LogP contribution in [-0.2, 0) is 31.4 Å². The lowest BCUT2D eigenvalue weighted by Gasteiger charge is -2.32. The fourth-order valence-electron chi connectivity index (χ4n) is 5.00. The van der Waals surface area contributed by atoms with Gasteiger partial charge in [-0.1, -0.05) is 35.5 Å². The number of imidazole rings is 1. The molecule has 2 aliphatic rings. The number of nitrogens with zero attached hydrogens (tertiary/aromatic N) is 4. The highest BCUT2D eigenvalue weighted by Crippen LogP contribution is 2.41. The standard InChI is InChI=1S/C26H30ClN5O4S/c1-31-20-12-22(25(33)30-34)37-26(20)29-23(31)14-32-10-8-16(9-11-32)19-4-3-5-21(35-2)24(19)36-15-18-7-6-17(27)13-28-18/h3-7,13,16,22,34H,8-12,14-15H2,1-2H3,(H,30,33). The first kappa shape index (κ1) is 25.8. The van der Waals surface area contributed by atoms with Gasteiger partial charge >= 0.3 is 0 Å². The zero-order valence-electron chi connectivity index (χ0n) is 20.8. The number of fused-ring (bicyclic) bond motifs is 1. The van der Waals surface area contributed by atoms with Crippen LogP contribution in [0.3, 0.4) is 0 Å². The third kappa shape index (κ3) is 5.57. The average molecular weight is 544 g/mol. The van der Waals surface area contributed by atoms with Crippen LogP contribution in [0.15, 0.2) is 41.6 Å². The summed E-state index contributed by atoms with van der Waals surface area (Å²) < 4.78 is 14.0. The molecule has 0 spiro atoms. The lowest BCUT2D eigenvalue weighted by atomic mass is 9.88. The molecule has 11 heteroatoms. The Balaban J connectivity index is 1.22. The summed E-state index contributed by atoms with van der Waals surface area (Å²) in [6.45, 7) is 2.99. The Bertz CT molecular complexity index is 1260. The molecule has 0 radical (unpaired) electrons. The molecule has 1 aromatic carbocycles. The minimum absolute atomic E-state index is 0.326. The molecule has 5 rings (SSSR count). The van der Waals surface area contributed by atoms with E-state index < -0.39 is 0 Å². The number of amides is 1. The molecule has 9 nitrogen and oxygen atoms in total. The predicted octanol–water partition coefficient (Wildman–Crippen LogP) is 3.96. The normalized spacial score (nSPS) is 18.0. The first-order chi connectivity index (χ1) is 18.0. The van der Waals surface area contributed by atoms with E-state index >= 15 is 0 Å². The Hall–Kier alpha value is -2.79. The number of ether oxygens (including phenoxy) is 2. The van der Waals surface area contributed by atoms with Crippen molar-refractivity contribution >= 4 is 29.3 Å². The topological polar surface area (TPSA) is 102 Å². The van der Waals surface area contributed by atoms with Gasteiger partial charge in [-0.05, 0) is 50.0 Å². The molecule has 2 aliphatic heterocycles. The molecule has 1 amide bonds. The number of benzene rings is 1. The van der Waals surface area contributed by atoms with E-state index in [0.717, 1.165) is 71.8 Å². The lowest BCUT2D eigenvalue weighted by molar-refractivity contribution is -0.128. The number of aromatic nitrogens is 3. The van der Waals surface area contributed by atoms with Crippen LogP contribution >= 0.6 is 23.4 Å². The van der Waals surface area contributed by atoms with Crippen molar-refractivity contribution in [2.24, 2.45) is 7.05 Å². The van der Waals surface area contributed by atoms with E-state index in [-0.39, 0.29) is 11.2 Å². The molecule has 0 saturated carbocycles. The van der Waals surface area contributed by atoms with Crippen LogP contribution in [-0.4, -0.2) is 56.0 Å². The van der Waals surface area contributed by atoms with Crippen molar-refractivity contribution in [2.45, 2.75) is 48.6 Å². The molecule has 37 heavy (non-hydrogen) atoms. The van der Waals surface area contributed by atoms with Gasteiger partial charge in [0, 0.05) is 25.2 Å². The maximum atomic E-state index is 11.8. The van der Waals surface area contributed by atoms with Crippen molar-refractivity contribution in [3.8, 4) is 11.5 Å². The summed E-state index contributed by atoms with van der Waals surface area (Å²) >= 11 is 7.37. The zero-order valence-corrected chi connectivity index (χ0v) is 22.4. The van der Waals surface area contributed by atoms with E-state index in [1.165, 1.54) is 11.8 Å². The van der Waals surface area contributed by atoms with Crippen molar-refractivity contribution in [3.63, 3.8) is 0 Å². The van der Waals surface area contributed by atoms with Gasteiger partial charge in [-0.15, -0.1) is 0 Å². The Kier molecular flexibility index (Phi) is 7.89. The number of hydrogen-bond donors (Lipinski definition) is 2. The SMILES string of the molecule is COc1cccc(C2CCN(Cc3nc4c(n3C)CC(C(=O)NO)S4)CC2)c1OCc1ccc(Cl)cn1. The summed E-state index contributed by atoms with van der Waals surface area (Å²) in [7, 11) is 3.67. The molecule has 1 fully saturated rings. The summed E-state index contributed by atoms with van der Waals surface area (Å²) in [6, 6.07) is 9.75. The van der Waals surface area contributed by atoms with Gasteiger partial charge in [-0.25, -0.2) is 10.5 Å². The molecule has 0 aliphatic carbocycles. The zero-order chi connectivity index (χ0) is 25.9. The largest absolute Gasteiger partial charge is 0.493 e. The second-order valence-electron chi connectivity index (χ2n) is 9.31. The lowest BCUT2D eigenvalue weighted by Crippen LogP contribution is -2.33. The first-order valence-electron chi connectivity index (χ1n) is 12.2. The summed E-state index contributed by atoms with van der Waals surface area (Å²) in [5.74, 6) is 2.48. The molecule has 1 unspecified atom stereocenters. The smallest absolute Gasteiger partial charge is 0.257 e. The maximum Gasteiger partial charge on any atom is 0.257 e. The number of hydrogen-bond acceptors (Lipinski definition) is 8. The van der Waals surface area contributed by atoms with Crippen LogP contribution in [0.2, 0.25) is 5.02 Å². The quantitative estimate of drug-likeness (QED) is 0.325. The summed E-state index contributed by atoms with van der Waals surface area (Å²) in [4.78, 5) is 23.3. The molecule has 2 N–H and O–H groups in total. The third-order valence-electron chi connectivity index (χ3n) is 7.08. The Labute approximate surface area is 225 Å². The number of halogens is 1. The number of nitrogens with one attached hydrogen (secondary N) is 1. The highest BCUT2D eigenvalue weighted by Gasteiger charge is 2.33. The number of thioether (sulfide) groups is 1. The Morgan fingerprint density at radius 2 is 2.08 bits per heavy atom. The number of para-hydroxylation sites is 1. The van der Waals surface area contributed by atoms with Crippen molar-refractivity contribution in [1.29, 1.82) is 0 Å². The van der Waals surface area contributed by atoms with E-state index in [9.17, 15) is 4.79 Å². The highest BCUT2D eigenvalue weighted by molar-refractivity contribution is 8.00. The van der Waals surface area contributed by atoms with Crippen LogP contribution in [0, 0.1) is 0 Å². The van der Waals surface area contributed by atoms with E-state index in [1.807, 2.05) is 31.3 Å². The van der Waals surface area contributed by atoms with Crippen molar-refractivity contribution in [3.05, 3.63) is 64.3 Å². The predicted molar refractivity (Wildman–Crippen MR) is 140 cm³/mol. The third-order valence-corrected chi connectivity index (χ3v) is 8.52. The van der Waals surface area contributed by atoms with Gasteiger partial charge in [-0.3, -0.25) is 19.9 Å². The molecule has 4 heterocycles. The molecule has 1 saturated heterocycles. The number of likely N-dealkylation sites (tertiary alicyclic amines) is 1. The van der Waals surface area contributed by atoms with Crippen LogP contribution in [0.25, 0.3) is 0 Å². The van der Waals surface area contributed by atoms with E-state index in [0.29, 0.717) is 24.0 Å². The molecule has 1 atom stereocenters. The first-order valence-corrected chi connectivity index (χ1v) is 13.5. The Morgan fingerprint density at radius 3 is 2.76 bits per heavy atom. The average Bonchev–Trinajstić information content (AvgIpc) is 3.47. The molecule has 196 valence electrons. The number of methoxy groups -OCH3 is 1. The van der Waals surface area contributed by atoms with E-state index in [2.05, 4.69) is 20.5 Å². The summed E-state index contributed by atoms with van der Waals surface area (Å²) in [5.41, 5.74) is 4.77. The monoisotopic (exact) mass is 543 g/mol. The highest BCUT2D eigenvalue weighted by atomic mass is 35.5. The fourth-order valence-corrected chi connectivity index (χ4v) is 6.29. The number of rotatable bonds is 8. The van der Waals surface area contributed by atoms with Gasteiger partial charge < -0.3 is 14.0 Å². The minimum atomic E-state index is -0.378. The number of carbonyl (C=O) groups is 1. The maximum absolute atomic E-state index is 11.8. The van der Waals surface area contributed by atoms with Crippen LogP contribution in [0.4, 0.5) is 0 Å². The summed E-state index contributed by atoms with van der Waals surface area (Å²) in [5, 5.41) is 10.1. The molecule has 2 aromatic heterocycles. The number of piperidine rings is 1. The van der Waals surface area contributed by atoms with E-state index in [1.54, 1.807) is 18.8 Å². The van der Waals surface area contributed by atoms with Crippen molar-refractivity contribution < 1.29 is 19.5 Å². The van der Waals surface area contributed by atoms with Crippen molar-refractivity contribution in [2.75, 3.05) is 20.2 Å². The number of hydroxylamine groups is 1. The second kappa shape index (κ2) is 11.3. The summed E-state index contributed by atoms with van der Waals surface area (Å²) in [6.07, 6.45) is 4.20. The second-order valence-corrected chi connectivity index (χ2v) is 10.9. The van der Waals surface area contributed by atoms with Crippen LogP contribution < -0.4 is 15.0 Å². The van der Waals surface area contributed by atoms with Crippen LogP contribution in [0.1, 0.15) is 41.5 Å². The van der Waals surface area contributed by atoms with Gasteiger partial charge in [-0.2, -0.15) is 0 Å². The van der Waals surface area contributed by atoms with E-state index in [4.69, 9.17) is 31.3 Å². The van der Waals surface area contributed by atoms with Gasteiger partial charge in [0.1, 0.15) is 17.5 Å². The van der Waals surface area contributed by atoms with Gasteiger partial charge in [0.25, 0.3) is 5.91 Å². The van der Waals surface area contributed by atoms with Crippen molar-refractivity contribution in [1.82, 2.24) is 24.9 Å². The number of pyridine rings is 1. The van der Waals surface area contributed by atoms with Gasteiger partial charge in [0.05, 0.1) is 35.3 Å². The van der Waals surface area contributed by atoms with Gasteiger partial charge in [0.15, 0.2) is 11.5 Å². The van der Waals surface area contributed by atoms with Gasteiger partial charge in [0.2, 0.25) is 0 Å². The molecule has 3 aromatic rings. The fraction of sp³-hybridized carbons (Fsp3) is 0.423. The number of carbonyl (C=O) groups excluding carboxylic acids is 1. The minimum Gasteiger partial charge on any atom is -0.493 e.